The number of aromatic amines is 2. The number of aromatic nitrogens is 4. The summed E-state index contributed by atoms with van der Waals surface area (Å²) in [7, 11) is 5.17. The van der Waals surface area contributed by atoms with Crippen LogP contribution in [0.25, 0.3) is 50.4 Å². The number of fused-ring (bicyclic) bond motifs is 8. The van der Waals surface area contributed by atoms with Crippen molar-refractivity contribution in [3.63, 3.8) is 0 Å². The van der Waals surface area contributed by atoms with Gasteiger partial charge in [-0.1, -0.05) is 19.6 Å². The number of hydrogen-bond donors (Lipinski definition) is 3. The second kappa shape index (κ2) is 13.2. The molecule has 0 spiro atoms. The Morgan fingerprint density at radius 2 is 1.61 bits per heavy atom. The third-order valence-corrected chi connectivity index (χ3v) is 10.1. The second-order valence-electron chi connectivity index (χ2n) is 13.3. The number of ether oxygens (including phenoxy) is 2. The number of esters is 2. The molecule has 0 aromatic carbocycles. The molecule has 0 fully saturated rings. The zero-order valence-electron chi connectivity index (χ0n) is 29.6. The molecule has 3 aromatic rings. The summed E-state index contributed by atoms with van der Waals surface area (Å²) in [5.41, 5.74) is 14.0. The average molecular weight is 664 g/mol. The van der Waals surface area contributed by atoms with Gasteiger partial charge in [-0.05, 0) is 106 Å². The predicted octanol–water partition coefficient (Wildman–Crippen LogP) is 6.51. The van der Waals surface area contributed by atoms with Crippen LogP contribution in [-0.4, -0.2) is 82.3 Å². The van der Waals surface area contributed by atoms with Crippen LogP contribution in [0.4, 0.5) is 0 Å². The summed E-state index contributed by atoms with van der Waals surface area (Å²) in [5, 5.41) is 11.8. The van der Waals surface area contributed by atoms with Crippen LogP contribution in [0.1, 0.15) is 90.1 Å². The van der Waals surface area contributed by atoms with Crippen LogP contribution in [-0.2, 0) is 25.5 Å². The van der Waals surface area contributed by atoms with Gasteiger partial charge in [0.1, 0.15) is 12.5 Å². The van der Waals surface area contributed by atoms with Crippen LogP contribution >= 0.6 is 0 Å². The van der Waals surface area contributed by atoms with Crippen molar-refractivity contribution in [1.82, 2.24) is 24.8 Å². The Bertz CT molecular complexity index is 2130. The highest BCUT2D eigenvalue weighted by atomic mass is 16.5. The number of nitrogens with one attached hydrogen (secondary N) is 2. The fourth-order valence-corrected chi connectivity index (χ4v) is 7.30. The van der Waals surface area contributed by atoms with Gasteiger partial charge in [0.2, 0.25) is 0 Å². The van der Waals surface area contributed by atoms with Gasteiger partial charge in [0.25, 0.3) is 0 Å². The van der Waals surface area contributed by atoms with Crippen LogP contribution in [0.15, 0.2) is 24.8 Å². The van der Waals surface area contributed by atoms with Crippen molar-refractivity contribution in [3.05, 3.63) is 75.4 Å². The molecule has 10 nitrogen and oxygen atoms in total. The van der Waals surface area contributed by atoms with E-state index in [0.29, 0.717) is 53.5 Å². The number of aryl methyl sites for hydroxylation is 3. The third-order valence-electron chi connectivity index (χ3n) is 10.1. The first kappa shape index (κ1) is 34.1. The number of nitrogens with zero attached hydrogens (tertiary/aromatic N) is 3. The van der Waals surface area contributed by atoms with Crippen molar-refractivity contribution in [1.29, 1.82) is 0 Å². The summed E-state index contributed by atoms with van der Waals surface area (Å²) in [6.45, 7) is 15.2. The van der Waals surface area contributed by atoms with E-state index in [9.17, 15) is 14.7 Å². The SMILES string of the molecule is C=Cc1c(C)c2cc3nc(c4c5nc(cc6[nH]c(cc1[nH]2)c(C)c6CC)C(C)=C5[C@@H](O)[C@@H]4C(=O)OC)C(CCC(=O)OCCN(C)C)=C3C. The number of likely N-dealkylation sites (N-methyl/N-ethyl adjacent to an activating group) is 1. The Kier molecular flexibility index (Phi) is 9.21. The first-order valence-corrected chi connectivity index (χ1v) is 16.8. The molecule has 0 radical (unpaired) electrons. The van der Waals surface area contributed by atoms with Gasteiger partial charge >= 0.3 is 11.9 Å². The molecule has 3 aliphatic rings. The summed E-state index contributed by atoms with van der Waals surface area (Å²) in [6.07, 6.45) is 1.94. The fraction of sp³-hybridized carbons (Fsp3) is 0.385. The summed E-state index contributed by atoms with van der Waals surface area (Å²) in [4.78, 5) is 45.7. The van der Waals surface area contributed by atoms with Gasteiger partial charge in [-0.2, -0.15) is 0 Å². The minimum atomic E-state index is -1.18. The third kappa shape index (κ3) is 5.82. The van der Waals surface area contributed by atoms with E-state index in [1.54, 1.807) is 0 Å². The molecule has 10 heteroatoms. The van der Waals surface area contributed by atoms with E-state index in [-0.39, 0.29) is 12.4 Å². The zero-order chi connectivity index (χ0) is 35.3. The van der Waals surface area contributed by atoms with Crippen molar-refractivity contribution < 1.29 is 24.2 Å². The van der Waals surface area contributed by atoms with Crippen LogP contribution < -0.4 is 0 Å². The maximum Gasteiger partial charge on any atom is 0.316 e. The zero-order valence-corrected chi connectivity index (χ0v) is 29.6. The standard InChI is InChI=1S/C39H45N5O5/c1-10-23-19(3)26-16-28-21(5)25(12-13-32(45)49-15-14-44(7)8)36(42-28)34-35(39(47)48-9)38(46)33-22(6)29(43-37(33)34)18-31-24(11-2)20(4)27(41-31)17-30(23)40-26/h10,16-18,35,38,40-41,46H,1,11-15H2,2-9H3/t35-,38-/m1/s1. The number of aliphatic hydroxyl groups excluding tert-OH is 1. The summed E-state index contributed by atoms with van der Waals surface area (Å²) >= 11 is 0. The molecule has 49 heavy (non-hydrogen) atoms. The number of hydrogen-bond acceptors (Lipinski definition) is 8. The highest BCUT2D eigenvalue weighted by Gasteiger charge is 2.47. The van der Waals surface area contributed by atoms with Crippen LogP contribution in [0.5, 0.6) is 0 Å². The van der Waals surface area contributed by atoms with Crippen molar-refractivity contribution in [2.24, 2.45) is 0 Å². The summed E-state index contributed by atoms with van der Waals surface area (Å²) in [6, 6.07) is 6.13. The Labute approximate surface area is 286 Å². The molecule has 2 atom stereocenters. The van der Waals surface area contributed by atoms with E-state index < -0.39 is 18.0 Å². The first-order chi connectivity index (χ1) is 23.4. The Balaban J connectivity index is 1.69. The molecule has 0 amide bonds. The predicted molar refractivity (Wildman–Crippen MR) is 194 cm³/mol. The minimum Gasteiger partial charge on any atom is -0.468 e. The van der Waals surface area contributed by atoms with E-state index in [0.717, 1.165) is 61.9 Å². The number of H-pyrrole nitrogens is 2. The maximum absolute atomic E-state index is 13.4. The Hall–Kier alpha value is -4.80. The fourth-order valence-electron chi connectivity index (χ4n) is 7.30. The molecule has 0 saturated heterocycles. The van der Waals surface area contributed by atoms with Crippen LogP contribution in [0.3, 0.4) is 0 Å². The van der Waals surface area contributed by atoms with Gasteiger partial charge in [0.15, 0.2) is 0 Å². The number of aliphatic hydroxyl groups is 1. The molecule has 1 aliphatic carbocycles. The molecule has 0 unspecified atom stereocenters. The second-order valence-corrected chi connectivity index (χ2v) is 13.3. The molecule has 6 rings (SSSR count). The highest BCUT2D eigenvalue weighted by molar-refractivity contribution is 6.04. The lowest BCUT2D eigenvalue weighted by Gasteiger charge is -2.16. The minimum absolute atomic E-state index is 0.125. The molecular weight excluding hydrogens is 618 g/mol. The molecule has 8 bridgehead atoms. The largest absolute Gasteiger partial charge is 0.468 e. The van der Waals surface area contributed by atoms with Gasteiger partial charge in [-0.25, -0.2) is 9.97 Å². The van der Waals surface area contributed by atoms with Gasteiger partial charge in [-0.3, -0.25) is 9.59 Å². The Morgan fingerprint density at radius 3 is 2.29 bits per heavy atom. The first-order valence-electron chi connectivity index (χ1n) is 16.8. The van der Waals surface area contributed by atoms with Crippen LogP contribution in [0.2, 0.25) is 0 Å². The quantitative estimate of drug-likeness (QED) is 0.221. The number of carbonyl (C=O) groups excluding carboxylic acids is 2. The number of carbonyl (C=O) groups is 2. The monoisotopic (exact) mass is 663 g/mol. The van der Waals surface area contributed by atoms with E-state index in [2.05, 4.69) is 36.5 Å². The van der Waals surface area contributed by atoms with E-state index >= 15 is 0 Å². The van der Waals surface area contributed by atoms with Crippen molar-refractivity contribution in [3.8, 4) is 0 Å². The lowest BCUT2D eigenvalue weighted by atomic mass is 9.92. The van der Waals surface area contributed by atoms with Crippen molar-refractivity contribution in [2.75, 3.05) is 34.4 Å². The van der Waals surface area contributed by atoms with Gasteiger partial charge < -0.3 is 29.4 Å². The topological polar surface area (TPSA) is 133 Å². The smallest absolute Gasteiger partial charge is 0.316 e. The van der Waals surface area contributed by atoms with E-state index in [4.69, 9.17) is 19.4 Å². The lowest BCUT2D eigenvalue weighted by molar-refractivity contribution is -0.145. The van der Waals surface area contributed by atoms with Gasteiger partial charge in [0, 0.05) is 51.7 Å². The molecule has 3 aromatic heterocycles. The normalized spacial score (nSPS) is 16.9. The molecule has 0 saturated carbocycles. The summed E-state index contributed by atoms with van der Waals surface area (Å²) < 4.78 is 10.8. The lowest BCUT2D eigenvalue weighted by Crippen LogP contribution is -2.24. The Morgan fingerprint density at radius 1 is 0.959 bits per heavy atom. The van der Waals surface area contributed by atoms with Crippen LogP contribution in [0, 0.1) is 13.8 Å². The molecule has 3 N–H and O–H groups in total. The van der Waals surface area contributed by atoms with Gasteiger partial charge in [-0.15, -0.1) is 0 Å². The maximum atomic E-state index is 13.4. The molecule has 2 aliphatic heterocycles. The van der Waals surface area contributed by atoms with Crippen molar-refractivity contribution in [2.45, 2.75) is 65.9 Å². The molecular formula is C39H45N5O5. The average Bonchev–Trinajstić information content (AvgIpc) is 3.80. The number of methoxy groups -OCH3 is 1. The van der Waals surface area contributed by atoms with Gasteiger partial charge in [0.05, 0.1) is 36.0 Å². The number of allylic oxidation sites excluding steroid dienone is 3. The van der Waals surface area contributed by atoms with Crippen molar-refractivity contribution >= 4 is 62.4 Å². The van der Waals surface area contributed by atoms with E-state index in [1.807, 2.05) is 58.0 Å². The molecule has 256 valence electrons. The highest BCUT2D eigenvalue weighted by Crippen LogP contribution is 2.50. The molecule has 5 heterocycles. The number of rotatable bonds is 9. The summed E-state index contributed by atoms with van der Waals surface area (Å²) in [5.74, 6) is -1.93. The van der Waals surface area contributed by atoms with E-state index in [1.165, 1.54) is 12.7 Å².